The summed E-state index contributed by atoms with van der Waals surface area (Å²) in [5, 5.41) is 110. The highest BCUT2D eigenvalue weighted by atomic mass is 16.8. The Labute approximate surface area is 308 Å². The molecule has 23 heteroatoms. The molecule has 312 valence electrons. The summed E-state index contributed by atoms with van der Waals surface area (Å²) in [6.07, 6.45) is -32.1. The van der Waals surface area contributed by atoms with Crippen molar-refractivity contribution in [2.45, 2.75) is 156 Å². The molecule has 23 nitrogen and oxygen atoms in total. The Bertz CT molecular complexity index is 1250. The largest absolute Gasteiger partial charge is 0.481 e. The van der Waals surface area contributed by atoms with Crippen LogP contribution in [0.2, 0.25) is 0 Å². The summed E-state index contributed by atoms with van der Waals surface area (Å²) in [5.74, 6) is -2.65. The van der Waals surface area contributed by atoms with Gasteiger partial charge in [0, 0.05) is 27.0 Å². The van der Waals surface area contributed by atoms with E-state index in [4.69, 9.17) is 43.0 Å². The van der Waals surface area contributed by atoms with Gasteiger partial charge in [-0.1, -0.05) is 0 Å². The van der Waals surface area contributed by atoms with Crippen LogP contribution in [0.1, 0.15) is 33.6 Å². The van der Waals surface area contributed by atoms with Crippen molar-refractivity contribution in [2.75, 3.05) is 20.3 Å². The first-order chi connectivity index (χ1) is 25.4. The van der Waals surface area contributed by atoms with Gasteiger partial charge in [-0.3, -0.25) is 14.4 Å². The molecular weight excluding hydrogens is 736 g/mol. The van der Waals surface area contributed by atoms with E-state index in [1.165, 1.54) is 21.0 Å². The van der Waals surface area contributed by atoms with E-state index in [9.17, 15) is 60.3 Å². The molecule has 4 saturated heterocycles. The zero-order chi connectivity index (χ0) is 40.2. The molecule has 0 aromatic carbocycles. The Morgan fingerprint density at radius 3 is 1.63 bits per heavy atom. The summed E-state index contributed by atoms with van der Waals surface area (Å²) in [5.41, 5.74) is 0. The molecule has 2 amide bonds. The predicted octanol–water partition coefficient (Wildman–Crippen LogP) is -6.91. The van der Waals surface area contributed by atoms with Crippen molar-refractivity contribution in [3.05, 3.63) is 0 Å². The van der Waals surface area contributed by atoms with Crippen LogP contribution in [-0.2, 0) is 52.3 Å². The van der Waals surface area contributed by atoms with E-state index >= 15 is 0 Å². The Morgan fingerprint density at radius 2 is 1.13 bits per heavy atom. The number of carboxylic acid groups (broad SMARTS) is 1. The first-order valence-corrected chi connectivity index (χ1v) is 17.3. The van der Waals surface area contributed by atoms with Crippen LogP contribution in [0.3, 0.4) is 0 Å². The van der Waals surface area contributed by atoms with E-state index < -0.39 is 167 Å². The molecule has 4 rings (SSSR count). The topological polar surface area (TPSA) is 351 Å². The molecule has 4 aliphatic rings. The standard InChI is InChI=1S/C31H52N2O21/c1-9-17(39)20(42)23(45)29(48-9)52-25-13(8-34)51-28(47-4)16(33-11(3)35)26(25)53-31-27(54-30-24(46)21(43)18(40)10(2)49-30)22(44)19(41)12(50-31)7-32-14(36)5-6-15(37)38/h9-10,12-13,16-31,34,39-46H,5-8H2,1-4H3,(H,32,36)(H,33,35)(H,37,38)/t9-,10-,12+,13+,16+,17+,18+,19-,20+,21+,22-,23-,24-,25+,26+,27+,28+,29-,30-,31-/m0/s1. The molecule has 12 N–H and O–H groups in total. The van der Waals surface area contributed by atoms with Crippen molar-refractivity contribution in [1.82, 2.24) is 10.6 Å². The van der Waals surface area contributed by atoms with Crippen LogP contribution >= 0.6 is 0 Å². The molecule has 4 aliphatic heterocycles. The monoisotopic (exact) mass is 788 g/mol. The van der Waals surface area contributed by atoms with E-state index in [1.807, 2.05) is 0 Å². The second kappa shape index (κ2) is 19.3. The molecule has 54 heavy (non-hydrogen) atoms. The van der Waals surface area contributed by atoms with Crippen molar-refractivity contribution in [3.63, 3.8) is 0 Å². The van der Waals surface area contributed by atoms with Crippen molar-refractivity contribution < 1.29 is 103 Å². The van der Waals surface area contributed by atoms with Gasteiger partial charge in [0.05, 0.1) is 25.2 Å². The van der Waals surface area contributed by atoms with E-state index in [1.54, 1.807) is 0 Å². The molecule has 0 bridgehead atoms. The highest BCUT2D eigenvalue weighted by Gasteiger charge is 2.56. The molecule has 0 aromatic rings. The lowest BCUT2D eigenvalue weighted by atomic mass is 9.94. The van der Waals surface area contributed by atoms with Crippen LogP contribution in [0.25, 0.3) is 0 Å². The normalized spacial score (nSPS) is 45.7. The fourth-order valence-corrected chi connectivity index (χ4v) is 6.53. The van der Waals surface area contributed by atoms with Crippen LogP contribution in [0.5, 0.6) is 0 Å². The van der Waals surface area contributed by atoms with Gasteiger partial charge in [0.15, 0.2) is 25.2 Å². The average Bonchev–Trinajstić information content (AvgIpc) is 3.13. The summed E-state index contributed by atoms with van der Waals surface area (Å²) < 4.78 is 46.7. The number of carboxylic acids is 1. The number of aliphatic carboxylic acids is 1. The fourth-order valence-electron chi connectivity index (χ4n) is 6.53. The Balaban J connectivity index is 1.72. The number of amides is 2. The summed E-state index contributed by atoms with van der Waals surface area (Å²) in [7, 11) is 1.20. The number of methoxy groups -OCH3 is 1. The molecule has 20 atom stereocenters. The minimum absolute atomic E-state index is 0.435. The van der Waals surface area contributed by atoms with E-state index in [0.717, 1.165) is 6.92 Å². The maximum atomic E-state index is 12.5. The van der Waals surface area contributed by atoms with Gasteiger partial charge in [-0.15, -0.1) is 0 Å². The van der Waals surface area contributed by atoms with Gasteiger partial charge in [0.25, 0.3) is 0 Å². The van der Waals surface area contributed by atoms with Crippen LogP contribution in [-0.4, -0.2) is 212 Å². The molecule has 0 unspecified atom stereocenters. The minimum atomic E-state index is -1.99. The second-order valence-corrected chi connectivity index (χ2v) is 13.6. The number of aliphatic hydroxyl groups is 9. The predicted molar refractivity (Wildman–Crippen MR) is 170 cm³/mol. The number of ether oxygens (including phenoxy) is 8. The van der Waals surface area contributed by atoms with Gasteiger partial charge in [-0.05, 0) is 13.8 Å². The lowest BCUT2D eigenvalue weighted by Crippen LogP contribution is -2.70. The summed E-state index contributed by atoms with van der Waals surface area (Å²) in [4.78, 5) is 35.8. The number of nitrogens with one attached hydrogen (secondary N) is 2. The van der Waals surface area contributed by atoms with Crippen molar-refractivity contribution >= 4 is 17.8 Å². The van der Waals surface area contributed by atoms with Gasteiger partial charge < -0.3 is 99.6 Å². The average molecular weight is 789 g/mol. The SMILES string of the molecule is CO[C@@H]1O[C@H](CO)[C@@H](O[C@@H]2O[C@@H](C)[C@@H](O)[C@@H](O)[C@@H]2O)[C@H](O[C@@H]2O[C@H](CNC(=O)CCC(=O)O)[C@H](O)[C@H](O)[C@H]2O[C@@H]2O[C@@H](C)[C@@H](O)[C@@H](O)[C@@H]2O)[C@H]1NC(C)=O. The van der Waals surface area contributed by atoms with Crippen LogP contribution < -0.4 is 10.6 Å². The number of hydrogen-bond acceptors (Lipinski definition) is 20. The maximum Gasteiger partial charge on any atom is 0.303 e. The Kier molecular flexibility index (Phi) is 15.8. The molecular formula is C31H52N2O21. The van der Waals surface area contributed by atoms with Crippen LogP contribution in [0.15, 0.2) is 0 Å². The third-order valence-electron chi connectivity index (χ3n) is 9.63. The zero-order valence-electron chi connectivity index (χ0n) is 29.8. The molecule has 0 aromatic heterocycles. The fraction of sp³-hybridized carbons (Fsp3) is 0.903. The molecule has 0 spiro atoms. The molecule has 4 fully saturated rings. The van der Waals surface area contributed by atoms with Crippen molar-refractivity contribution in [3.8, 4) is 0 Å². The second-order valence-electron chi connectivity index (χ2n) is 13.6. The van der Waals surface area contributed by atoms with E-state index in [-0.39, 0.29) is 0 Å². The maximum absolute atomic E-state index is 12.5. The first-order valence-electron chi connectivity index (χ1n) is 17.3. The van der Waals surface area contributed by atoms with E-state index in [2.05, 4.69) is 10.6 Å². The summed E-state index contributed by atoms with van der Waals surface area (Å²) in [6.45, 7) is 2.56. The molecule has 0 aliphatic carbocycles. The lowest BCUT2D eigenvalue weighted by Gasteiger charge is -2.51. The number of rotatable bonds is 14. The van der Waals surface area contributed by atoms with Gasteiger partial charge in [-0.2, -0.15) is 0 Å². The molecule has 0 radical (unpaired) electrons. The van der Waals surface area contributed by atoms with Gasteiger partial charge in [0.2, 0.25) is 11.8 Å². The lowest BCUT2D eigenvalue weighted by molar-refractivity contribution is -0.389. The van der Waals surface area contributed by atoms with Crippen molar-refractivity contribution in [1.29, 1.82) is 0 Å². The van der Waals surface area contributed by atoms with Crippen LogP contribution in [0.4, 0.5) is 0 Å². The van der Waals surface area contributed by atoms with Crippen molar-refractivity contribution in [2.24, 2.45) is 0 Å². The number of carbonyl (C=O) groups excluding carboxylic acids is 2. The number of hydrogen-bond donors (Lipinski definition) is 12. The molecule has 4 heterocycles. The first kappa shape index (κ1) is 44.4. The number of carbonyl (C=O) groups is 3. The van der Waals surface area contributed by atoms with Gasteiger partial charge in [-0.25, -0.2) is 0 Å². The number of aliphatic hydroxyl groups excluding tert-OH is 9. The van der Waals surface area contributed by atoms with Gasteiger partial charge >= 0.3 is 5.97 Å². The highest BCUT2D eigenvalue weighted by molar-refractivity contribution is 5.80. The van der Waals surface area contributed by atoms with Gasteiger partial charge in [0.1, 0.15) is 85.4 Å². The van der Waals surface area contributed by atoms with Crippen LogP contribution in [0, 0.1) is 0 Å². The highest BCUT2D eigenvalue weighted by Crippen LogP contribution is 2.35. The van der Waals surface area contributed by atoms with E-state index in [0.29, 0.717) is 0 Å². The minimum Gasteiger partial charge on any atom is -0.481 e. The summed E-state index contributed by atoms with van der Waals surface area (Å²) in [6, 6.07) is -1.37. The Hall–Kier alpha value is -2.27. The molecule has 0 saturated carbocycles. The third kappa shape index (κ3) is 10.2. The zero-order valence-corrected chi connectivity index (χ0v) is 29.8. The quantitative estimate of drug-likeness (QED) is 0.0778. The smallest absolute Gasteiger partial charge is 0.303 e. The Morgan fingerprint density at radius 1 is 0.611 bits per heavy atom. The summed E-state index contributed by atoms with van der Waals surface area (Å²) >= 11 is 0. The third-order valence-corrected chi connectivity index (χ3v) is 9.63.